The number of likely N-dealkylation sites (tertiary alicyclic amines) is 1. The SMILES string of the molecule is C[C@@H]1C[C@H](C)CN(C(=O)CCC(=O)Nc2nnc(C(C)(C)C)s2)C1. The first kappa shape index (κ1) is 18.8. The first-order valence-corrected chi connectivity index (χ1v) is 9.38. The van der Waals surface area contributed by atoms with Crippen LogP contribution in [0.4, 0.5) is 5.13 Å². The van der Waals surface area contributed by atoms with Gasteiger partial charge in [-0.1, -0.05) is 46.0 Å². The van der Waals surface area contributed by atoms with E-state index in [1.54, 1.807) is 0 Å². The predicted octanol–water partition coefficient (Wildman–Crippen LogP) is 3.06. The lowest BCUT2D eigenvalue weighted by molar-refractivity contribution is -0.135. The Morgan fingerprint density at radius 2 is 1.79 bits per heavy atom. The Morgan fingerprint density at radius 3 is 2.33 bits per heavy atom. The lowest BCUT2D eigenvalue weighted by Crippen LogP contribution is -2.42. The van der Waals surface area contributed by atoms with Gasteiger partial charge in [-0.25, -0.2) is 0 Å². The Labute approximate surface area is 148 Å². The number of anilines is 1. The first-order chi connectivity index (χ1) is 11.1. The molecule has 1 N–H and O–H groups in total. The van der Waals surface area contributed by atoms with E-state index >= 15 is 0 Å². The highest BCUT2D eigenvalue weighted by molar-refractivity contribution is 7.15. The number of aromatic nitrogens is 2. The number of rotatable bonds is 4. The van der Waals surface area contributed by atoms with Crippen molar-refractivity contribution < 1.29 is 9.59 Å². The van der Waals surface area contributed by atoms with Gasteiger partial charge in [-0.05, 0) is 18.3 Å². The minimum absolute atomic E-state index is 0.0659. The lowest BCUT2D eigenvalue weighted by Gasteiger charge is -2.35. The number of piperidine rings is 1. The van der Waals surface area contributed by atoms with Crippen molar-refractivity contribution in [3.8, 4) is 0 Å². The Bertz CT molecular complexity index is 584. The molecule has 1 aliphatic heterocycles. The fourth-order valence-electron chi connectivity index (χ4n) is 3.00. The van der Waals surface area contributed by atoms with Crippen molar-refractivity contribution in [1.82, 2.24) is 15.1 Å². The predicted molar refractivity (Wildman–Crippen MR) is 96.0 cm³/mol. The van der Waals surface area contributed by atoms with Crippen LogP contribution in [0.3, 0.4) is 0 Å². The summed E-state index contributed by atoms with van der Waals surface area (Å²) in [5.41, 5.74) is -0.0851. The summed E-state index contributed by atoms with van der Waals surface area (Å²) in [5.74, 6) is 0.946. The molecular weight excluding hydrogens is 324 g/mol. The average Bonchev–Trinajstić information content (AvgIpc) is 2.92. The number of carbonyl (C=O) groups excluding carboxylic acids is 2. The number of nitrogens with one attached hydrogen (secondary N) is 1. The fraction of sp³-hybridized carbons (Fsp3) is 0.765. The molecule has 134 valence electrons. The summed E-state index contributed by atoms with van der Waals surface area (Å²) in [6.07, 6.45) is 1.59. The molecule has 1 aromatic rings. The van der Waals surface area contributed by atoms with E-state index in [0.29, 0.717) is 17.0 Å². The molecular formula is C17H28N4O2S. The highest BCUT2D eigenvalue weighted by atomic mass is 32.1. The first-order valence-electron chi connectivity index (χ1n) is 8.56. The van der Waals surface area contributed by atoms with Crippen molar-refractivity contribution in [2.75, 3.05) is 18.4 Å². The number of nitrogens with zero attached hydrogens (tertiary/aromatic N) is 3. The molecule has 1 aliphatic rings. The van der Waals surface area contributed by atoms with E-state index in [1.165, 1.54) is 11.3 Å². The van der Waals surface area contributed by atoms with Crippen LogP contribution in [-0.2, 0) is 15.0 Å². The highest BCUT2D eigenvalue weighted by Gasteiger charge is 2.25. The van der Waals surface area contributed by atoms with E-state index in [1.807, 2.05) is 4.90 Å². The van der Waals surface area contributed by atoms with Gasteiger partial charge in [0, 0.05) is 31.3 Å². The zero-order valence-corrected chi connectivity index (χ0v) is 16.1. The van der Waals surface area contributed by atoms with Crippen LogP contribution >= 0.6 is 11.3 Å². The van der Waals surface area contributed by atoms with Gasteiger partial charge in [-0.15, -0.1) is 10.2 Å². The van der Waals surface area contributed by atoms with E-state index in [9.17, 15) is 9.59 Å². The summed E-state index contributed by atoms with van der Waals surface area (Å²) >= 11 is 1.38. The fourth-order valence-corrected chi connectivity index (χ4v) is 3.82. The van der Waals surface area contributed by atoms with Gasteiger partial charge in [0.2, 0.25) is 16.9 Å². The summed E-state index contributed by atoms with van der Waals surface area (Å²) in [6.45, 7) is 12.1. The summed E-state index contributed by atoms with van der Waals surface area (Å²) in [6, 6.07) is 0. The third-order valence-electron chi connectivity index (χ3n) is 4.10. The quantitative estimate of drug-likeness (QED) is 0.903. The van der Waals surface area contributed by atoms with E-state index in [4.69, 9.17) is 0 Å². The summed E-state index contributed by atoms with van der Waals surface area (Å²) < 4.78 is 0. The van der Waals surface area contributed by atoms with Crippen molar-refractivity contribution >= 4 is 28.3 Å². The van der Waals surface area contributed by atoms with Crippen LogP contribution in [0.1, 0.15) is 58.9 Å². The van der Waals surface area contributed by atoms with Gasteiger partial charge >= 0.3 is 0 Å². The maximum Gasteiger partial charge on any atom is 0.226 e. The molecule has 0 aliphatic carbocycles. The standard InChI is InChI=1S/C17H28N4O2S/c1-11-8-12(2)10-21(9-11)14(23)7-6-13(22)18-16-20-19-15(24-16)17(3,4)5/h11-12H,6-10H2,1-5H3,(H,18,20,22)/t11-,12+. The van der Waals surface area contributed by atoms with E-state index in [-0.39, 0.29) is 30.1 Å². The lowest BCUT2D eigenvalue weighted by atomic mass is 9.91. The minimum Gasteiger partial charge on any atom is -0.342 e. The molecule has 6 nitrogen and oxygen atoms in total. The molecule has 0 radical (unpaired) electrons. The molecule has 1 saturated heterocycles. The second kappa shape index (κ2) is 7.59. The van der Waals surface area contributed by atoms with E-state index < -0.39 is 0 Å². The molecule has 2 rings (SSSR count). The Kier molecular flexibility index (Phi) is 5.96. The van der Waals surface area contributed by atoms with Crippen LogP contribution in [0.2, 0.25) is 0 Å². The second-order valence-corrected chi connectivity index (χ2v) is 8.93. The number of carbonyl (C=O) groups is 2. The largest absolute Gasteiger partial charge is 0.342 e. The molecule has 0 bridgehead atoms. The van der Waals surface area contributed by atoms with Crippen LogP contribution in [0, 0.1) is 11.8 Å². The maximum absolute atomic E-state index is 12.3. The Hall–Kier alpha value is -1.50. The molecule has 1 aromatic heterocycles. The zero-order valence-electron chi connectivity index (χ0n) is 15.3. The summed E-state index contributed by atoms with van der Waals surface area (Å²) in [7, 11) is 0. The van der Waals surface area contributed by atoms with Crippen molar-refractivity contribution in [2.45, 2.75) is 59.3 Å². The van der Waals surface area contributed by atoms with Gasteiger partial charge in [-0.3, -0.25) is 9.59 Å². The van der Waals surface area contributed by atoms with Gasteiger partial charge in [0.05, 0.1) is 0 Å². The van der Waals surface area contributed by atoms with Crippen molar-refractivity contribution in [3.63, 3.8) is 0 Å². The van der Waals surface area contributed by atoms with Crippen LogP contribution in [0.15, 0.2) is 0 Å². The molecule has 0 spiro atoms. The molecule has 0 aromatic carbocycles. The van der Waals surface area contributed by atoms with Crippen molar-refractivity contribution in [2.24, 2.45) is 11.8 Å². The summed E-state index contributed by atoms with van der Waals surface area (Å²) in [4.78, 5) is 26.2. The summed E-state index contributed by atoms with van der Waals surface area (Å²) in [5, 5.41) is 12.2. The minimum atomic E-state index is -0.182. The average molecular weight is 353 g/mol. The van der Waals surface area contributed by atoms with Crippen molar-refractivity contribution in [1.29, 1.82) is 0 Å². The number of amides is 2. The Balaban J connectivity index is 1.80. The smallest absolute Gasteiger partial charge is 0.226 e. The molecule has 24 heavy (non-hydrogen) atoms. The van der Waals surface area contributed by atoms with E-state index in [2.05, 4.69) is 50.1 Å². The Morgan fingerprint density at radius 1 is 1.17 bits per heavy atom. The molecule has 2 amide bonds. The molecule has 7 heteroatoms. The van der Waals surface area contributed by atoms with E-state index in [0.717, 1.165) is 24.5 Å². The van der Waals surface area contributed by atoms with Gasteiger partial charge in [0.1, 0.15) is 5.01 Å². The number of hydrogen-bond donors (Lipinski definition) is 1. The van der Waals surface area contributed by atoms with Gasteiger partial charge in [-0.2, -0.15) is 0 Å². The van der Waals surface area contributed by atoms with Crippen LogP contribution in [0.5, 0.6) is 0 Å². The van der Waals surface area contributed by atoms with Gasteiger partial charge in [0.15, 0.2) is 0 Å². The normalized spacial score (nSPS) is 21.6. The highest BCUT2D eigenvalue weighted by Crippen LogP contribution is 2.27. The molecule has 2 atom stereocenters. The van der Waals surface area contributed by atoms with Crippen LogP contribution in [0.25, 0.3) is 0 Å². The number of hydrogen-bond acceptors (Lipinski definition) is 5. The molecule has 0 unspecified atom stereocenters. The maximum atomic E-state index is 12.3. The molecule has 1 fully saturated rings. The molecule has 0 saturated carbocycles. The molecule has 2 heterocycles. The van der Waals surface area contributed by atoms with Gasteiger partial charge < -0.3 is 10.2 Å². The van der Waals surface area contributed by atoms with Crippen molar-refractivity contribution in [3.05, 3.63) is 5.01 Å². The monoisotopic (exact) mass is 352 g/mol. The third-order valence-corrected chi connectivity index (χ3v) is 5.36. The second-order valence-electron chi connectivity index (χ2n) is 7.96. The van der Waals surface area contributed by atoms with Gasteiger partial charge in [0.25, 0.3) is 0 Å². The van der Waals surface area contributed by atoms with Crippen LogP contribution < -0.4 is 5.32 Å². The topological polar surface area (TPSA) is 75.2 Å². The zero-order chi connectivity index (χ0) is 17.9. The van der Waals surface area contributed by atoms with Crippen LogP contribution in [-0.4, -0.2) is 40.0 Å². The third kappa shape index (κ3) is 5.26.